The van der Waals surface area contributed by atoms with Crippen molar-refractivity contribution in [3.63, 3.8) is 0 Å². The number of halogens is 6. The molecule has 0 spiro atoms. The Morgan fingerprint density at radius 2 is 1.67 bits per heavy atom. The van der Waals surface area contributed by atoms with Gasteiger partial charge in [-0.15, -0.1) is 12.4 Å². The van der Waals surface area contributed by atoms with Crippen LogP contribution in [0.5, 0.6) is 11.5 Å². The molecule has 5 rings (SSSR count). The highest BCUT2D eigenvalue weighted by molar-refractivity contribution is 6.37. The number of aryl methyl sites for hydroxylation is 1. The average molecular weight is 703 g/mol. The van der Waals surface area contributed by atoms with Gasteiger partial charge >= 0.3 is 0 Å². The van der Waals surface area contributed by atoms with E-state index in [1.807, 2.05) is 6.92 Å². The van der Waals surface area contributed by atoms with Crippen LogP contribution in [0.1, 0.15) is 40.7 Å². The molecule has 13 heteroatoms. The van der Waals surface area contributed by atoms with Crippen LogP contribution in [0.15, 0.2) is 48.5 Å². The van der Waals surface area contributed by atoms with Crippen LogP contribution >= 0.6 is 47.2 Å². The van der Waals surface area contributed by atoms with Gasteiger partial charge in [0.1, 0.15) is 30.6 Å². The third-order valence-corrected chi connectivity index (χ3v) is 8.58. The highest BCUT2D eigenvalue weighted by Crippen LogP contribution is 2.34. The molecular formula is C32H33Cl4F2N3O4. The lowest BCUT2D eigenvalue weighted by Crippen LogP contribution is -2.55. The summed E-state index contributed by atoms with van der Waals surface area (Å²) in [6.45, 7) is 3.27. The number of ether oxygens (including phenoxy) is 2. The van der Waals surface area contributed by atoms with E-state index in [2.05, 4.69) is 10.6 Å². The van der Waals surface area contributed by atoms with Gasteiger partial charge in [-0.25, -0.2) is 8.78 Å². The zero-order valence-corrected chi connectivity index (χ0v) is 27.5. The van der Waals surface area contributed by atoms with Crippen LogP contribution in [0.2, 0.25) is 15.1 Å². The number of nitrogens with zero attached hydrogens (tertiary/aromatic N) is 1. The molecule has 2 amide bonds. The van der Waals surface area contributed by atoms with Crippen LogP contribution in [0.4, 0.5) is 8.78 Å². The van der Waals surface area contributed by atoms with Crippen molar-refractivity contribution < 1.29 is 27.8 Å². The van der Waals surface area contributed by atoms with E-state index in [4.69, 9.17) is 44.3 Å². The number of carbonyl (C=O) groups excluding carboxylic acids is 2. The van der Waals surface area contributed by atoms with Gasteiger partial charge in [0.2, 0.25) is 5.91 Å². The Morgan fingerprint density at radius 3 is 2.33 bits per heavy atom. The van der Waals surface area contributed by atoms with Crippen molar-refractivity contribution in [2.24, 2.45) is 5.92 Å². The van der Waals surface area contributed by atoms with Gasteiger partial charge in [0.25, 0.3) is 5.91 Å². The zero-order chi connectivity index (χ0) is 31.4. The molecule has 1 heterocycles. The van der Waals surface area contributed by atoms with Gasteiger partial charge in [-0.1, -0.05) is 40.9 Å². The minimum absolute atomic E-state index is 0. The molecule has 242 valence electrons. The van der Waals surface area contributed by atoms with Crippen LogP contribution in [-0.4, -0.2) is 55.1 Å². The second-order valence-corrected chi connectivity index (χ2v) is 12.2. The van der Waals surface area contributed by atoms with Crippen molar-refractivity contribution in [1.29, 1.82) is 0 Å². The molecule has 2 fully saturated rings. The fourth-order valence-electron chi connectivity index (χ4n) is 5.25. The standard InChI is InChI=1S/C32H32Cl3F2N3O4.ClH/c1-18-12-26(34)30(27(35)13-18)44-11-10-43-22-6-7-23(28(37)15-22)31(41)39-29-8-9-38-16-24(29)32(42)40(21-4-5-21)17-19-2-3-20(36)14-25(19)33;/h2-3,6-7,12-15,21,24,29,38H,4-5,8-11,16-17H2,1H3,(H,39,41);1H. The lowest BCUT2D eigenvalue weighted by Gasteiger charge is -2.36. The van der Waals surface area contributed by atoms with Crippen molar-refractivity contribution in [3.8, 4) is 11.5 Å². The van der Waals surface area contributed by atoms with Crippen molar-refractivity contribution in [2.75, 3.05) is 26.3 Å². The smallest absolute Gasteiger partial charge is 0.254 e. The molecule has 1 aliphatic heterocycles. The van der Waals surface area contributed by atoms with Gasteiger partial charge in [0, 0.05) is 36.3 Å². The quantitative estimate of drug-likeness (QED) is 0.210. The van der Waals surface area contributed by atoms with Crippen LogP contribution in [-0.2, 0) is 11.3 Å². The fourth-order valence-corrected chi connectivity index (χ4v) is 6.19. The minimum atomic E-state index is -0.757. The average Bonchev–Trinajstić information content (AvgIpc) is 3.81. The maximum Gasteiger partial charge on any atom is 0.254 e. The number of amides is 2. The van der Waals surface area contributed by atoms with E-state index in [9.17, 15) is 14.0 Å². The number of rotatable bonds is 11. The largest absolute Gasteiger partial charge is 0.490 e. The first-order chi connectivity index (χ1) is 21.1. The lowest BCUT2D eigenvalue weighted by atomic mass is 9.91. The predicted octanol–water partition coefficient (Wildman–Crippen LogP) is 7.01. The van der Waals surface area contributed by atoms with Gasteiger partial charge in [-0.2, -0.15) is 0 Å². The molecule has 3 aromatic carbocycles. The summed E-state index contributed by atoms with van der Waals surface area (Å²) in [7, 11) is 0. The Labute approximate surface area is 281 Å². The van der Waals surface area contributed by atoms with Crippen LogP contribution in [0.25, 0.3) is 0 Å². The van der Waals surface area contributed by atoms with Crippen LogP contribution in [0, 0.1) is 24.5 Å². The van der Waals surface area contributed by atoms with Crippen molar-refractivity contribution in [3.05, 3.63) is 91.9 Å². The van der Waals surface area contributed by atoms with E-state index >= 15 is 4.39 Å². The van der Waals surface area contributed by atoms with Crippen molar-refractivity contribution in [1.82, 2.24) is 15.5 Å². The second-order valence-electron chi connectivity index (χ2n) is 11.0. The predicted molar refractivity (Wildman–Crippen MR) is 173 cm³/mol. The topological polar surface area (TPSA) is 79.9 Å². The number of benzene rings is 3. The third kappa shape index (κ3) is 8.92. The van der Waals surface area contributed by atoms with Gasteiger partial charge in [-0.05, 0) is 80.3 Å². The number of piperidine rings is 1. The fraction of sp³-hybridized carbons (Fsp3) is 0.375. The molecule has 2 N–H and O–H groups in total. The molecule has 0 radical (unpaired) electrons. The number of carbonyl (C=O) groups is 2. The van der Waals surface area contributed by atoms with E-state index in [-0.39, 0.29) is 60.5 Å². The van der Waals surface area contributed by atoms with E-state index in [0.717, 1.165) is 24.5 Å². The summed E-state index contributed by atoms with van der Waals surface area (Å²) in [6, 6.07) is 11.1. The lowest BCUT2D eigenvalue weighted by molar-refractivity contribution is -0.138. The first-order valence-electron chi connectivity index (χ1n) is 14.4. The summed E-state index contributed by atoms with van der Waals surface area (Å²) in [5.41, 5.74) is 1.39. The SMILES string of the molecule is Cc1cc(Cl)c(OCCOc2ccc(C(=O)NC3CCNCC3C(=O)N(Cc3ccc(F)cc3Cl)C3CC3)c(F)c2)c(Cl)c1.Cl. The van der Waals surface area contributed by atoms with Gasteiger partial charge in [-0.3, -0.25) is 9.59 Å². The molecule has 0 aromatic heterocycles. The minimum Gasteiger partial charge on any atom is -0.490 e. The number of hydrogen-bond donors (Lipinski definition) is 2. The summed E-state index contributed by atoms with van der Waals surface area (Å²) in [5.74, 6) is -1.96. The molecule has 1 aliphatic carbocycles. The number of hydrogen-bond acceptors (Lipinski definition) is 5. The number of nitrogens with one attached hydrogen (secondary N) is 2. The Kier molecular flexibility index (Phi) is 12.2. The van der Waals surface area contributed by atoms with E-state index in [0.29, 0.717) is 40.9 Å². The summed E-state index contributed by atoms with van der Waals surface area (Å²) >= 11 is 18.6. The molecule has 2 atom stereocenters. The first-order valence-corrected chi connectivity index (χ1v) is 15.5. The molecule has 0 bridgehead atoms. The molecule has 7 nitrogen and oxygen atoms in total. The van der Waals surface area contributed by atoms with E-state index < -0.39 is 29.5 Å². The van der Waals surface area contributed by atoms with Crippen LogP contribution in [0.3, 0.4) is 0 Å². The van der Waals surface area contributed by atoms with Crippen molar-refractivity contribution >= 4 is 59.0 Å². The summed E-state index contributed by atoms with van der Waals surface area (Å²) in [6.07, 6.45) is 2.22. The van der Waals surface area contributed by atoms with Crippen molar-refractivity contribution in [2.45, 2.75) is 44.8 Å². The molecule has 2 unspecified atom stereocenters. The molecule has 2 aliphatic rings. The highest BCUT2D eigenvalue weighted by atomic mass is 35.5. The van der Waals surface area contributed by atoms with Gasteiger partial charge < -0.3 is 25.0 Å². The highest BCUT2D eigenvalue weighted by Gasteiger charge is 2.40. The van der Waals surface area contributed by atoms with E-state index in [1.165, 1.54) is 24.3 Å². The maximum atomic E-state index is 15.0. The molecular weight excluding hydrogens is 670 g/mol. The summed E-state index contributed by atoms with van der Waals surface area (Å²) < 4.78 is 39.8. The summed E-state index contributed by atoms with van der Waals surface area (Å²) in [4.78, 5) is 28.7. The Bertz CT molecular complexity index is 1520. The zero-order valence-electron chi connectivity index (χ0n) is 24.4. The Balaban J connectivity index is 0.00000461. The van der Waals surface area contributed by atoms with Crippen LogP contribution < -0.4 is 20.1 Å². The van der Waals surface area contributed by atoms with Gasteiger partial charge in [0.15, 0.2) is 5.75 Å². The Morgan fingerprint density at radius 1 is 0.956 bits per heavy atom. The normalized spacial score (nSPS) is 17.6. The summed E-state index contributed by atoms with van der Waals surface area (Å²) in [5, 5.41) is 7.13. The first kappa shape index (κ1) is 35.0. The molecule has 1 saturated carbocycles. The second kappa shape index (κ2) is 15.6. The van der Waals surface area contributed by atoms with Gasteiger partial charge in [0.05, 0.1) is 21.5 Å². The van der Waals surface area contributed by atoms with E-state index in [1.54, 1.807) is 23.1 Å². The molecule has 45 heavy (non-hydrogen) atoms. The monoisotopic (exact) mass is 701 g/mol. The third-order valence-electron chi connectivity index (χ3n) is 7.67. The maximum absolute atomic E-state index is 15.0. The molecule has 3 aromatic rings. The molecule has 1 saturated heterocycles. The Hall–Kier alpha value is -2.82.